The van der Waals surface area contributed by atoms with Gasteiger partial charge in [-0.1, -0.05) is 5.16 Å². The number of hydrogen-bond donors (Lipinski definition) is 2. The fraction of sp³-hybridized carbons (Fsp3) is 0.500. The van der Waals surface area contributed by atoms with Crippen molar-refractivity contribution in [1.82, 2.24) is 10.5 Å². The zero-order valence-electron chi connectivity index (χ0n) is 11.4. The minimum Gasteiger partial charge on any atom is -0.480 e. The van der Waals surface area contributed by atoms with Crippen LogP contribution in [-0.4, -0.2) is 39.8 Å². The molecule has 1 heterocycles. The number of rotatable bonds is 5. The lowest BCUT2D eigenvalue weighted by atomic mass is 10.1. The number of carbonyl (C=O) groups excluding carboxylic acids is 2. The Balaban J connectivity index is 2.64. The largest absolute Gasteiger partial charge is 0.480 e. The van der Waals surface area contributed by atoms with Crippen LogP contribution in [0.4, 0.5) is 0 Å². The van der Waals surface area contributed by atoms with Gasteiger partial charge in [-0.3, -0.25) is 9.59 Å². The van der Waals surface area contributed by atoms with E-state index in [9.17, 15) is 14.4 Å². The van der Waals surface area contributed by atoms with Crippen molar-refractivity contribution in [2.45, 2.75) is 38.8 Å². The lowest BCUT2D eigenvalue weighted by Gasteiger charge is -2.21. The first kappa shape index (κ1) is 15.7. The van der Waals surface area contributed by atoms with E-state index in [4.69, 9.17) is 9.84 Å². The van der Waals surface area contributed by atoms with Crippen LogP contribution < -0.4 is 5.32 Å². The summed E-state index contributed by atoms with van der Waals surface area (Å²) < 4.78 is 9.48. The number of aromatic nitrogens is 1. The van der Waals surface area contributed by atoms with E-state index in [1.54, 1.807) is 20.8 Å². The van der Waals surface area contributed by atoms with Crippen LogP contribution in [-0.2, 0) is 14.3 Å². The lowest BCUT2D eigenvalue weighted by Crippen LogP contribution is -2.43. The highest BCUT2D eigenvalue weighted by atomic mass is 16.6. The van der Waals surface area contributed by atoms with E-state index in [0.29, 0.717) is 0 Å². The molecule has 0 fully saturated rings. The van der Waals surface area contributed by atoms with Crippen molar-refractivity contribution in [3.63, 3.8) is 0 Å². The third kappa shape index (κ3) is 5.09. The molecule has 0 aliphatic carbocycles. The van der Waals surface area contributed by atoms with E-state index >= 15 is 0 Å². The summed E-state index contributed by atoms with van der Waals surface area (Å²) in [5.74, 6) is -2.80. The van der Waals surface area contributed by atoms with Gasteiger partial charge in [0, 0.05) is 6.07 Å². The highest BCUT2D eigenvalue weighted by Crippen LogP contribution is 2.09. The molecule has 1 atom stereocenters. The molecule has 0 radical (unpaired) electrons. The van der Waals surface area contributed by atoms with E-state index in [2.05, 4.69) is 15.0 Å². The van der Waals surface area contributed by atoms with Crippen molar-refractivity contribution in [2.75, 3.05) is 0 Å². The van der Waals surface area contributed by atoms with Gasteiger partial charge in [0.25, 0.3) is 5.91 Å². The third-order valence-corrected chi connectivity index (χ3v) is 2.06. The molecule has 0 aliphatic heterocycles. The summed E-state index contributed by atoms with van der Waals surface area (Å²) in [4.78, 5) is 34.2. The average molecular weight is 284 g/mol. The first-order valence-electron chi connectivity index (χ1n) is 5.85. The number of nitrogens with one attached hydrogen (secondary N) is 1. The monoisotopic (exact) mass is 284 g/mol. The third-order valence-electron chi connectivity index (χ3n) is 2.06. The molecule has 110 valence electrons. The number of esters is 1. The Morgan fingerprint density at radius 3 is 2.55 bits per heavy atom. The van der Waals surface area contributed by atoms with E-state index in [1.165, 1.54) is 12.3 Å². The normalized spacial score (nSPS) is 12.6. The van der Waals surface area contributed by atoms with E-state index in [1.807, 2.05) is 0 Å². The molecule has 0 spiro atoms. The van der Waals surface area contributed by atoms with Gasteiger partial charge >= 0.3 is 11.9 Å². The fourth-order valence-electron chi connectivity index (χ4n) is 1.31. The van der Waals surface area contributed by atoms with Crippen LogP contribution in [0.3, 0.4) is 0 Å². The van der Waals surface area contributed by atoms with Gasteiger partial charge < -0.3 is 19.7 Å². The van der Waals surface area contributed by atoms with Crippen molar-refractivity contribution < 1.29 is 28.8 Å². The Hall–Kier alpha value is -2.38. The predicted molar refractivity (Wildman–Crippen MR) is 65.9 cm³/mol. The van der Waals surface area contributed by atoms with E-state index < -0.39 is 35.9 Å². The summed E-state index contributed by atoms with van der Waals surface area (Å²) >= 11 is 0. The Bertz CT molecular complexity index is 489. The minimum atomic E-state index is -1.39. The number of amides is 1. The smallest absolute Gasteiger partial charge is 0.326 e. The quantitative estimate of drug-likeness (QED) is 0.759. The molecule has 0 aromatic carbocycles. The highest BCUT2D eigenvalue weighted by molar-refractivity contribution is 5.95. The number of nitrogens with zero attached hydrogens (tertiary/aromatic N) is 1. The molecular formula is C12H16N2O6. The van der Waals surface area contributed by atoms with Gasteiger partial charge in [-0.05, 0) is 20.8 Å². The van der Waals surface area contributed by atoms with Gasteiger partial charge in [-0.25, -0.2) is 4.79 Å². The molecule has 1 amide bonds. The molecule has 1 aromatic heterocycles. The van der Waals surface area contributed by atoms with Crippen molar-refractivity contribution in [2.24, 2.45) is 0 Å². The number of hydrogen-bond acceptors (Lipinski definition) is 6. The van der Waals surface area contributed by atoms with Crippen molar-refractivity contribution in [3.05, 3.63) is 18.0 Å². The summed E-state index contributed by atoms with van der Waals surface area (Å²) in [5.41, 5.74) is -0.795. The van der Waals surface area contributed by atoms with Crippen LogP contribution in [0.2, 0.25) is 0 Å². The second-order valence-electron chi connectivity index (χ2n) is 5.04. The molecule has 2 N–H and O–H groups in total. The zero-order chi connectivity index (χ0) is 15.3. The second kappa shape index (κ2) is 6.18. The van der Waals surface area contributed by atoms with Crippen molar-refractivity contribution in [3.8, 4) is 0 Å². The van der Waals surface area contributed by atoms with Gasteiger partial charge in [-0.2, -0.15) is 0 Å². The van der Waals surface area contributed by atoms with Crippen LogP contribution in [0.15, 0.2) is 16.9 Å². The van der Waals surface area contributed by atoms with Crippen LogP contribution in [0.25, 0.3) is 0 Å². The molecule has 8 heteroatoms. The standard InChI is InChI=1S/C12H16N2O6/c1-12(2,3)20-9(15)6-8(11(17)18)13-10(16)7-4-5-19-14-7/h4-5,8H,6H2,1-3H3,(H,13,16)(H,17,18)/t8-/m0/s1. The summed E-state index contributed by atoms with van der Waals surface area (Å²) in [6, 6.07) is -0.115. The first-order chi connectivity index (χ1) is 9.19. The van der Waals surface area contributed by atoms with Gasteiger partial charge in [0.05, 0.1) is 6.42 Å². The number of ether oxygens (including phenoxy) is 1. The molecule has 8 nitrogen and oxygen atoms in total. The lowest BCUT2D eigenvalue weighted by molar-refractivity contribution is -0.158. The fourth-order valence-corrected chi connectivity index (χ4v) is 1.31. The molecule has 0 saturated heterocycles. The Labute approximate surface area is 115 Å². The maximum absolute atomic E-state index is 11.6. The van der Waals surface area contributed by atoms with Crippen LogP contribution in [0, 0.1) is 0 Å². The van der Waals surface area contributed by atoms with Crippen LogP contribution in [0.1, 0.15) is 37.7 Å². The first-order valence-corrected chi connectivity index (χ1v) is 5.85. The molecular weight excluding hydrogens is 268 g/mol. The number of aliphatic carboxylic acids is 1. The molecule has 1 aromatic rings. The molecule has 0 saturated carbocycles. The summed E-state index contributed by atoms with van der Waals surface area (Å²) in [5, 5.41) is 14.5. The molecule has 0 bridgehead atoms. The average Bonchev–Trinajstić information content (AvgIpc) is 2.78. The topological polar surface area (TPSA) is 119 Å². The SMILES string of the molecule is CC(C)(C)OC(=O)C[C@H](NC(=O)c1ccon1)C(=O)O. The second-order valence-corrected chi connectivity index (χ2v) is 5.04. The molecule has 0 unspecified atom stereocenters. The molecule has 1 rings (SSSR count). The molecule has 20 heavy (non-hydrogen) atoms. The van der Waals surface area contributed by atoms with Crippen LogP contribution in [0.5, 0.6) is 0 Å². The highest BCUT2D eigenvalue weighted by Gasteiger charge is 2.27. The van der Waals surface area contributed by atoms with Crippen molar-refractivity contribution in [1.29, 1.82) is 0 Å². The molecule has 0 aliphatic rings. The van der Waals surface area contributed by atoms with Gasteiger partial charge in [0.1, 0.15) is 17.9 Å². The number of carboxylic acids is 1. The van der Waals surface area contributed by atoms with Gasteiger partial charge in [0.15, 0.2) is 5.69 Å². The maximum Gasteiger partial charge on any atom is 0.326 e. The summed E-state index contributed by atoms with van der Waals surface area (Å²) in [6.07, 6.45) is 0.703. The number of carboxylic acid groups (broad SMARTS) is 1. The zero-order valence-corrected chi connectivity index (χ0v) is 11.4. The van der Waals surface area contributed by atoms with Gasteiger partial charge in [0.2, 0.25) is 0 Å². The predicted octanol–water partition coefficient (Wildman–Crippen LogP) is 0.589. The number of carbonyl (C=O) groups is 3. The summed E-state index contributed by atoms with van der Waals surface area (Å²) in [6.45, 7) is 4.98. The van der Waals surface area contributed by atoms with E-state index in [-0.39, 0.29) is 5.69 Å². The Kier molecular flexibility index (Phi) is 4.84. The Morgan fingerprint density at radius 1 is 1.45 bits per heavy atom. The van der Waals surface area contributed by atoms with Crippen LogP contribution >= 0.6 is 0 Å². The van der Waals surface area contributed by atoms with Gasteiger partial charge in [-0.15, -0.1) is 0 Å². The minimum absolute atomic E-state index is 0.0690. The van der Waals surface area contributed by atoms with Crippen molar-refractivity contribution >= 4 is 17.8 Å². The Morgan fingerprint density at radius 2 is 2.10 bits per heavy atom. The van der Waals surface area contributed by atoms with E-state index in [0.717, 1.165) is 0 Å². The summed E-state index contributed by atoms with van der Waals surface area (Å²) in [7, 11) is 0. The maximum atomic E-state index is 11.6.